The number of carbonyl (C=O) groups is 2. The number of hydrogen-bond donors (Lipinski definition) is 1. The van der Waals surface area contributed by atoms with Gasteiger partial charge in [0.25, 0.3) is 5.91 Å². The number of anilines is 1. The first-order valence-electron chi connectivity index (χ1n) is 8.41. The van der Waals surface area contributed by atoms with Crippen LogP contribution >= 0.6 is 0 Å². The molecule has 2 rings (SSSR count). The van der Waals surface area contributed by atoms with Crippen molar-refractivity contribution in [1.82, 2.24) is 4.90 Å². The summed E-state index contributed by atoms with van der Waals surface area (Å²) in [6.07, 6.45) is -4.58. The summed E-state index contributed by atoms with van der Waals surface area (Å²) in [6.45, 7) is 3.70. The summed E-state index contributed by atoms with van der Waals surface area (Å²) >= 11 is 0. The summed E-state index contributed by atoms with van der Waals surface area (Å²) in [5.74, 6) is -0.766. The van der Waals surface area contributed by atoms with Gasteiger partial charge in [-0.2, -0.15) is 13.2 Å². The Morgan fingerprint density at radius 3 is 2.19 bits per heavy atom. The van der Waals surface area contributed by atoms with Crippen LogP contribution in [0.4, 0.5) is 18.9 Å². The zero-order valence-electron chi connectivity index (χ0n) is 15.3. The highest BCUT2D eigenvalue weighted by molar-refractivity contribution is 5.99. The topological polar surface area (TPSA) is 49.4 Å². The van der Waals surface area contributed by atoms with Crippen LogP contribution < -0.4 is 5.32 Å². The Morgan fingerprint density at radius 2 is 1.63 bits per heavy atom. The summed E-state index contributed by atoms with van der Waals surface area (Å²) in [7, 11) is 1.42. The van der Waals surface area contributed by atoms with E-state index < -0.39 is 17.6 Å². The van der Waals surface area contributed by atoms with Gasteiger partial charge in [-0.15, -0.1) is 0 Å². The molecule has 0 saturated heterocycles. The van der Waals surface area contributed by atoms with E-state index in [1.165, 1.54) is 25.2 Å². The molecule has 0 aromatic heterocycles. The summed E-state index contributed by atoms with van der Waals surface area (Å²) in [4.78, 5) is 25.7. The quantitative estimate of drug-likeness (QED) is 0.830. The Kier molecular flexibility index (Phi) is 6.25. The largest absolute Gasteiger partial charge is 0.418 e. The second kappa shape index (κ2) is 8.24. The van der Waals surface area contributed by atoms with Crippen LogP contribution in [0, 0.1) is 0 Å². The molecular formula is C20H21F3N2O2. The van der Waals surface area contributed by atoms with Crippen molar-refractivity contribution in [3.63, 3.8) is 0 Å². The Balaban J connectivity index is 2.04. The van der Waals surface area contributed by atoms with Crippen LogP contribution in [-0.2, 0) is 11.0 Å². The van der Waals surface area contributed by atoms with Gasteiger partial charge in [0, 0.05) is 12.6 Å². The molecule has 0 fully saturated rings. The van der Waals surface area contributed by atoms with Crippen molar-refractivity contribution in [3.05, 3.63) is 65.2 Å². The highest BCUT2D eigenvalue weighted by Crippen LogP contribution is 2.34. The van der Waals surface area contributed by atoms with Crippen LogP contribution in [0.2, 0.25) is 0 Å². The van der Waals surface area contributed by atoms with E-state index in [1.807, 2.05) is 26.0 Å². The minimum atomic E-state index is -4.58. The molecule has 0 spiro atoms. The highest BCUT2D eigenvalue weighted by atomic mass is 19.4. The molecule has 2 aromatic carbocycles. The molecule has 27 heavy (non-hydrogen) atoms. The van der Waals surface area contributed by atoms with Crippen molar-refractivity contribution in [2.75, 3.05) is 18.9 Å². The van der Waals surface area contributed by atoms with Gasteiger partial charge in [0.1, 0.15) is 0 Å². The van der Waals surface area contributed by atoms with Crippen molar-refractivity contribution in [2.24, 2.45) is 0 Å². The number of rotatable bonds is 5. The monoisotopic (exact) mass is 378 g/mol. The molecule has 0 aliphatic heterocycles. The second-order valence-corrected chi connectivity index (χ2v) is 6.53. The zero-order chi connectivity index (χ0) is 20.2. The molecule has 7 heteroatoms. The van der Waals surface area contributed by atoms with E-state index >= 15 is 0 Å². The molecule has 0 bridgehead atoms. The smallest absolute Gasteiger partial charge is 0.332 e. The SMILES string of the molecule is CC(C)c1ccc(C(=O)N(C)CC(=O)Nc2ccccc2C(F)(F)F)cc1. The lowest BCUT2D eigenvalue weighted by Gasteiger charge is -2.18. The summed E-state index contributed by atoms with van der Waals surface area (Å²) in [5, 5.41) is 2.23. The van der Waals surface area contributed by atoms with Gasteiger partial charge in [-0.25, -0.2) is 0 Å². The molecule has 0 saturated carbocycles. The molecule has 4 nitrogen and oxygen atoms in total. The predicted molar refractivity (Wildman–Crippen MR) is 97.6 cm³/mol. The zero-order valence-corrected chi connectivity index (χ0v) is 15.3. The third-order valence-corrected chi connectivity index (χ3v) is 4.06. The van der Waals surface area contributed by atoms with Crippen LogP contribution in [0.1, 0.15) is 41.3 Å². The van der Waals surface area contributed by atoms with Crippen LogP contribution in [0.3, 0.4) is 0 Å². The number of amides is 2. The number of nitrogens with zero attached hydrogens (tertiary/aromatic N) is 1. The average Bonchev–Trinajstić information content (AvgIpc) is 2.60. The van der Waals surface area contributed by atoms with E-state index in [0.717, 1.165) is 16.5 Å². The van der Waals surface area contributed by atoms with Gasteiger partial charge in [-0.3, -0.25) is 9.59 Å². The number of benzene rings is 2. The maximum Gasteiger partial charge on any atom is 0.418 e. The molecule has 0 aliphatic carbocycles. The highest BCUT2D eigenvalue weighted by Gasteiger charge is 2.33. The maximum atomic E-state index is 13.0. The normalized spacial score (nSPS) is 11.4. The minimum Gasteiger partial charge on any atom is -0.332 e. The number of nitrogens with one attached hydrogen (secondary N) is 1. The molecule has 2 amide bonds. The van der Waals surface area contributed by atoms with E-state index in [9.17, 15) is 22.8 Å². The maximum absolute atomic E-state index is 13.0. The van der Waals surface area contributed by atoms with Gasteiger partial charge in [-0.1, -0.05) is 38.1 Å². The fraction of sp³-hybridized carbons (Fsp3) is 0.300. The van der Waals surface area contributed by atoms with Crippen molar-refractivity contribution < 1.29 is 22.8 Å². The van der Waals surface area contributed by atoms with Gasteiger partial charge < -0.3 is 10.2 Å². The molecular weight excluding hydrogens is 357 g/mol. The van der Waals surface area contributed by atoms with Crippen molar-refractivity contribution in [1.29, 1.82) is 0 Å². The molecule has 0 atom stereocenters. The lowest BCUT2D eigenvalue weighted by molar-refractivity contribution is -0.137. The standard InChI is InChI=1S/C20H21F3N2O2/c1-13(2)14-8-10-15(11-9-14)19(27)25(3)12-18(26)24-17-7-5-4-6-16(17)20(21,22)23/h4-11,13H,12H2,1-3H3,(H,24,26). The second-order valence-electron chi connectivity index (χ2n) is 6.53. The molecule has 0 radical (unpaired) electrons. The van der Waals surface area contributed by atoms with Crippen LogP contribution in [0.5, 0.6) is 0 Å². The number of para-hydroxylation sites is 1. The molecule has 144 valence electrons. The Bertz CT molecular complexity index is 815. The Morgan fingerprint density at radius 1 is 1.04 bits per heavy atom. The third-order valence-electron chi connectivity index (χ3n) is 4.06. The number of carbonyl (C=O) groups excluding carboxylic acids is 2. The number of likely N-dealkylation sites (N-methyl/N-ethyl adjacent to an activating group) is 1. The number of alkyl halides is 3. The summed E-state index contributed by atoms with van der Waals surface area (Å²) < 4.78 is 39.0. The van der Waals surface area contributed by atoms with Gasteiger partial charge in [0.2, 0.25) is 5.91 Å². The first-order valence-corrected chi connectivity index (χ1v) is 8.41. The van der Waals surface area contributed by atoms with E-state index in [4.69, 9.17) is 0 Å². The molecule has 1 N–H and O–H groups in total. The van der Waals surface area contributed by atoms with Crippen molar-refractivity contribution in [2.45, 2.75) is 25.9 Å². The average molecular weight is 378 g/mol. The Hall–Kier alpha value is -2.83. The minimum absolute atomic E-state index is 0.325. The number of hydrogen-bond acceptors (Lipinski definition) is 2. The summed E-state index contributed by atoms with van der Waals surface area (Å²) in [6, 6.07) is 11.7. The number of halogens is 3. The van der Waals surface area contributed by atoms with Gasteiger partial charge in [0.05, 0.1) is 17.8 Å². The van der Waals surface area contributed by atoms with Gasteiger partial charge in [0.15, 0.2) is 0 Å². The van der Waals surface area contributed by atoms with Crippen molar-refractivity contribution >= 4 is 17.5 Å². The van der Waals surface area contributed by atoms with Crippen LogP contribution in [0.25, 0.3) is 0 Å². The van der Waals surface area contributed by atoms with E-state index in [2.05, 4.69) is 5.32 Å². The first-order chi connectivity index (χ1) is 12.6. The third kappa shape index (κ3) is 5.32. The lowest BCUT2D eigenvalue weighted by atomic mass is 10.0. The van der Waals surface area contributed by atoms with E-state index in [1.54, 1.807) is 12.1 Å². The van der Waals surface area contributed by atoms with Crippen LogP contribution in [-0.4, -0.2) is 30.3 Å². The predicted octanol–water partition coefficient (Wildman–Crippen LogP) is 4.54. The summed E-state index contributed by atoms with van der Waals surface area (Å²) in [5.41, 5.74) is 0.217. The van der Waals surface area contributed by atoms with Crippen LogP contribution in [0.15, 0.2) is 48.5 Å². The Labute approximate surface area is 156 Å². The molecule has 0 heterocycles. The van der Waals surface area contributed by atoms with E-state index in [-0.39, 0.29) is 18.1 Å². The lowest BCUT2D eigenvalue weighted by Crippen LogP contribution is -2.35. The fourth-order valence-corrected chi connectivity index (χ4v) is 2.55. The van der Waals surface area contributed by atoms with E-state index in [0.29, 0.717) is 11.5 Å². The van der Waals surface area contributed by atoms with Gasteiger partial charge in [-0.05, 0) is 35.7 Å². The van der Waals surface area contributed by atoms with Crippen molar-refractivity contribution in [3.8, 4) is 0 Å². The van der Waals surface area contributed by atoms with Gasteiger partial charge >= 0.3 is 6.18 Å². The molecule has 0 unspecified atom stereocenters. The first kappa shape index (κ1) is 20.5. The molecule has 0 aliphatic rings. The molecule has 2 aromatic rings. The fourth-order valence-electron chi connectivity index (χ4n) is 2.55.